The molecule has 1 heterocycles. The number of benzene rings is 1. The van der Waals surface area contributed by atoms with Gasteiger partial charge in [0.2, 0.25) is 0 Å². The molecule has 1 unspecified atom stereocenters. The van der Waals surface area contributed by atoms with Crippen LogP contribution >= 0.6 is 15.9 Å². The Bertz CT molecular complexity index is 542. The fraction of sp³-hybridized carbons (Fsp3) is 0.312. The number of aromatic nitrogens is 1. The smallest absolute Gasteiger partial charge is 0.123 e. The monoisotopic (exact) mass is 336 g/mol. The molecule has 1 atom stereocenters. The minimum Gasteiger partial charge on any atom is -0.310 e. The summed E-state index contributed by atoms with van der Waals surface area (Å²) in [5.41, 5.74) is 2.25. The van der Waals surface area contributed by atoms with Gasteiger partial charge in [0.25, 0.3) is 0 Å². The van der Waals surface area contributed by atoms with Crippen LogP contribution in [-0.2, 0) is 6.42 Å². The Kier molecular flexibility index (Phi) is 5.68. The Morgan fingerprint density at radius 3 is 2.65 bits per heavy atom. The molecule has 4 heteroatoms. The SMILES string of the molecule is CCCNC(Cc1ccc(F)cc1)c1cncc(Br)c1. The number of nitrogens with zero attached hydrogens (tertiary/aromatic N) is 1. The van der Waals surface area contributed by atoms with E-state index in [4.69, 9.17) is 0 Å². The zero-order valence-corrected chi connectivity index (χ0v) is 13.0. The van der Waals surface area contributed by atoms with E-state index in [1.807, 2.05) is 18.3 Å². The molecule has 0 bridgehead atoms. The largest absolute Gasteiger partial charge is 0.310 e. The van der Waals surface area contributed by atoms with Gasteiger partial charge in [0.15, 0.2) is 0 Å². The standard InChI is InChI=1S/C16H18BrFN2/c1-2-7-20-16(13-9-14(17)11-19-10-13)8-12-3-5-15(18)6-4-12/h3-6,9-11,16,20H,2,7-8H2,1H3. The summed E-state index contributed by atoms with van der Waals surface area (Å²) in [4.78, 5) is 4.22. The van der Waals surface area contributed by atoms with Crippen molar-refractivity contribution in [3.8, 4) is 0 Å². The van der Waals surface area contributed by atoms with E-state index in [0.717, 1.165) is 35.0 Å². The fourth-order valence-electron chi connectivity index (χ4n) is 2.10. The Labute approximate surface area is 127 Å². The summed E-state index contributed by atoms with van der Waals surface area (Å²) in [6.45, 7) is 3.08. The molecular formula is C16H18BrFN2. The van der Waals surface area contributed by atoms with E-state index < -0.39 is 0 Å². The lowest BCUT2D eigenvalue weighted by atomic mass is 10.00. The van der Waals surface area contributed by atoms with Crippen LogP contribution in [0.3, 0.4) is 0 Å². The van der Waals surface area contributed by atoms with E-state index in [9.17, 15) is 4.39 Å². The zero-order valence-electron chi connectivity index (χ0n) is 11.4. The van der Waals surface area contributed by atoms with Crippen molar-refractivity contribution in [1.82, 2.24) is 10.3 Å². The van der Waals surface area contributed by atoms with Crippen LogP contribution in [0.2, 0.25) is 0 Å². The number of rotatable bonds is 6. The topological polar surface area (TPSA) is 24.9 Å². The molecule has 1 aromatic heterocycles. The summed E-state index contributed by atoms with van der Waals surface area (Å²) >= 11 is 3.45. The Morgan fingerprint density at radius 2 is 2.00 bits per heavy atom. The molecule has 0 saturated heterocycles. The summed E-state index contributed by atoms with van der Waals surface area (Å²) in [6, 6.07) is 8.94. The third kappa shape index (κ3) is 4.39. The van der Waals surface area contributed by atoms with Gasteiger partial charge in [0.1, 0.15) is 5.82 Å². The van der Waals surface area contributed by atoms with Crippen LogP contribution in [0.15, 0.2) is 47.2 Å². The molecule has 0 aliphatic carbocycles. The van der Waals surface area contributed by atoms with Crippen LogP contribution in [0.1, 0.15) is 30.5 Å². The van der Waals surface area contributed by atoms with Crippen LogP contribution in [0.25, 0.3) is 0 Å². The molecule has 106 valence electrons. The summed E-state index contributed by atoms with van der Waals surface area (Å²) in [5.74, 6) is -0.198. The van der Waals surface area contributed by atoms with Crippen LogP contribution in [0, 0.1) is 5.82 Å². The van der Waals surface area contributed by atoms with E-state index in [2.05, 4.69) is 39.2 Å². The lowest BCUT2D eigenvalue weighted by Gasteiger charge is -2.19. The number of hydrogen-bond donors (Lipinski definition) is 1. The molecule has 0 aliphatic heterocycles. The Balaban J connectivity index is 2.16. The molecule has 1 N–H and O–H groups in total. The number of hydrogen-bond acceptors (Lipinski definition) is 2. The minimum atomic E-state index is -0.198. The fourth-order valence-corrected chi connectivity index (χ4v) is 2.48. The summed E-state index contributed by atoms with van der Waals surface area (Å²) < 4.78 is 13.9. The average Bonchev–Trinajstić information content (AvgIpc) is 2.45. The third-order valence-electron chi connectivity index (χ3n) is 3.12. The second kappa shape index (κ2) is 7.50. The Hall–Kier alpha value is -1.26. The molecule has 2 rings (SSSR count). The predicted octanol–water partition coefficient (Wildman–Crippen LogP) is 4.27. The first-order valence-corrected chi connectivity index (χ1v) is 7.56. The molecule has 0 saturated carbocycles. The first-order chi connectivity index (χ1) is 9.69. The number of halogens is 2. The maximum Gasteiger partial charge on any atom is 0.123 e. The second-order valence-corrected chi connectivity index (χ2v) is 5.69. The zero-order chi connectivity index (χ0) is 14.4. The molecule has 0 radical (unpaired) electrons. The molecule has 0 fully saturated rings. The van der Waals surface area contributed by atoms with Gasteiger partial charge in [-0.05, 0) is 64.6 Å². The lowest BCUT2D eigenvalue weighted by molar-refractivity contribution is 0.527. The van der Waals surface area contributed by atoms with Gasteiger partial charge in [0, 0.05) is 22.9 Å². The van der Waals surface area contributed by atoms with E-state index >= 15 is 0 Å². The normalized spacial score (nSPS) is 12.3. The Morgan fingerprint density at radius 1 is 1.25 bits per heavy atom. The van der Waals surface area contributed by atoms with Gasteiger partial charge in [-0.3, -0.25) is 4.98 Å². The van der Waals surface area contributed by atoms with Crippen LogP contribution in [-0.4, -0.2) is 11.5 Å². The molecule has 1 aromatic carbocycles. The highest BCUT2D eigenvalue weighted by atomic mass is 79.9. The third-order valence-corrected chi connectivity index (χ3v) is 3.56. The van der Waals surface area contributed by atoms with Crippen LogP contribution in [0.4, 0.5) is 4.39 Å². The van der Waals surface area contributed by atoms with Gasteiger partial charge in [-0.25, -0.2) is 4.39 Å². The summed E-state index contributed by atoms with van der Waals surface area (Å²) in [6.07, 6.45) is 5.54. The van der Waals surface area contributed by atoms with Crippen molar-refractivity contribution in [2.75, 3.05) is 6.54 Å². The van der Waals surface area contributed by atoms with E-state index in [1.54, 1.807) is 6.20 Å². The number of pyridine rings is 1. The van der Waals surface area contributed by atoms with Crippen molar-refractivity contribution in [1.29, 1.82) is 0 Å². The van der Waals surface area contributed by atoms with E-state index in [0.29, 0.717) is 0 Å². The molecule has 2 aromatic rings. The quantitative estimate of drug-likeness (QED) is 0.852. The van der Waals surface area contributed by atoms with Crippen molar-refractivity contribution < 1.29 is 4.39 Å². The highest BCUT2D eigenvalue weighted by Gasteiger charge is 2.12. The maximum absolute atomic E-state index is 13.0. The first-order valence-electron chi connectivity index (χ1n) is 6.77. The van der Waals surface area contributed by atoms with Gasteiger partial charge < -0.3 is 5.32 Å². The highest BCUT2D eigenvalue weighted by Crippen LogP contribution is 2.21. The molecule has 0 aliphatic rings. The molecule has 0 amide bonds. The van der Waals surface area contributed by atoms with Crippen LogP contribution < -0.4 is 5.32 Å². The summed E-state index contributed by atoms with van der Waals surface area (Å²) in [7, 11) is 0. The van der Waals surface area contributed by atoms with Gasteiger partial charge in [-0.1, -0.05) is 19.1 Å². The predicted molar refractivity (Wildman–Crippen MR) is 83.1 cm³/mol. The van der Waals surface area contributed by atoms with Crippen molar-refractivity contribution in [2.24, 2.45) is 0 Å². The van der Waals surface area contributed by atoms with Gasteiger partial charge in [0.05, 0.1) is 0 Å². The van der Waals surface area contributed by atoms with E-state index in [1.165, 1.54) is 12.1 Å². The van der Waals surface area contributed by atoms with Crippen molar-refractivity contribution >= 4 is 15.9 Å². The lowest BCUT2D eigenvalue weighted by Crippen LogP contribution is -2.24. The van der Waals surface area contributed by atoms with E-state index in [-0.39, 0.29) is 11.9 Å². The van der Waals surface area contributed by atoms with Crippen molar-refractivity contribution in [3.63, 3.8) is 0 Å². The van der Waals surface area contributed by atoms with Crippen molar-refractivity contribution in [2.45, 2.75) is 25.8 Å². The molecule has 0 spiro atoms. The second-order valence-electron chi connectivity index (χ2n) is 4.77. The average molecular weight is 337 g/mol. The van der Waals surface area contributed by atoms with Gasteiger partial charge in [-0.2, -0.15) is 0 Å². The number of nitrogens with one attached hydrogen (secondary N) is 1. The summed E-state index contributed by atoms with van der Waals surface area (Å²) in [5, 5.41) is 3.52. The maximum atomic E-state index is 13.0. The van der Waals surface area contributed by atoms with Crippen molar-refractivity contribution in [3.05, 3.63) is 64.1 Å². The molecular weight excluding hydrogens is 319 g/mol. The molecule has 2 nitrogen and oxygen atoms in total. The minimum absolute atomic E-state index is 0.186. The molecule has 20 heavy (non-hydrogen) atoms. The van der Waals surface area contributed by atoms with Gasteiger partial charge in [-0.15, -0.1) is 0 Å². The highest BCUT2D eigenvalue weighted by molar-refractivity contribution is 9.10. The van der Waals surface area contributed by atoms with Crippen LogP contribution in [0.5, 0.6) is 0 Å². The first kappa shape index (κ1) is 15.1. The van der Waals surface area contributed by atoms with Gasteiger partial charge >= 0.3 is 0 Å².